The van der Waals surface area contributed by atoms with Gasteiger partial charge in [0, 0.05) is 38.6 Å². The predicted octanol–water partition coefficient (Wildman–Crippen LogP) is 2.56. The number of hydrogen-bond donors (Lipinski definition) is 1. The van der Waals surface area contributed by atoms with Crippen molar-refractivity contribution in [1.29, 1.82) is 0 Å². The SMILES string of the molecule is COc1ccc(CCNC(=O)N2CCC(Cn3ccnc3)CC2)cc1. The van der Waals surface area contributed by atoms with Crippen LogP contribution in [0, 0.1) is 5.92 Å². The number of piperidine rings is 1. The summed E-state index contributed by atoms with van der Waals surface area (Å²) < 4.78 is 7.27. The number of nitrogens with one attached hydrogen (secondary N) is 1. The van der Waals surface area contributed by atoms with Crippen LogP contribution in [0.3, 0.4) is 0 Å². The summed E-state index contributed by atoms with van der Waals surface area (Å²) in [6.07, 6.45) is 8.59. The third-order valence-corrected chi connectivity index (χ3v) is 4.78. The van der Waals surface area contributed by atoms with Gasteiger partial charge in [-0.2, -0.15) is 0 Å². The van der Waals surface area contributed by atoms with E-state index in [1.54, 1.807) is 7.11 Å². The minimum atomic E-state index is 0.0505. The zero-order valence-corrected chi connectivity index (χ0v) is 14.7. The van der Waals surface area contributed by atoms with Crippen molar-refractivity contribution in [2.45, 2.75) is 25.8 Å². The van der Waals surface area contributed by atoms with Crippen molar-refractivity contribution in [3.05, 3.63) is 48.5 Å². The van der Waals surface area contributed by atoms with Crippen LogP contribution < -0.4 is 10.1 Å². The van der Waals surface area contributed by atoms with E-state index in [0.717, 1.165) is 44.6 Å². The quantitative estimate of drug-likeness (QED) is 0.878. The van der Waals surface area contributed by atoms with Crippen molar-refractivity contribution in [3.63, 3.8) is 0 Å². The first-order valence-corrected chi connectivity index (χ1v) is 8.86. The maximum absolute atomic E-state index is 12.3. The molecule has 6 nitrogen and oxygen atoms in total. The van der Waals surface area contributed by atoms with Gasteiger partial charge in [0.05, 0.1) is 13.4 Å². The molecule has 0 aliphatic carbocycles. The normalized spacial score (nSPS) is 15.2. The lowest BCUT2D eigenvalue weighted by molar-refractivity contribution is 0.165. The first kappa shape index (κ1) is 17.3. The van der Waals surface area contributed by atoms with E-state index < -0.39 is 0 Å². The highest BCUT2D eigenvalue weighted by molar-refractivity contribution is 5.74. The molecule has 2 amide bonds. The van der Waals surface area contributed by atoms with Crippen molar-refractivity contribution >= 4 is 6.03 Å². The maximum atomic E-state index is 12.3. The van der Waals surface area contributed by atoms with E-state index in [0.29, 0.717) is 12.5 Å². The predicted molar refractivity (Wildman–Crippen MR) is 96.6 cm³/mol. The number of carbonyl (C=O) groups is 1. The molecule has 2 heterocycles. The van der Waals surface area contributed by atoms with Gasteiger partial charge in [-0.05, 0) is 42.9 Å². The fourth-order valence-electron chi connectivity index (χ4n) is 3.23. The lowest BCUT2D eigenvalue weighted by Gasteiger charge is -2.32. The maximum Gasteiger partial charge on any atom is 0.317 e. The van der Waals surface area contributed by atoms with E-state index >= 15 is 0 Å². The smallest absolute Gasteiger partial charge is 0.317 e. The molecule has 2 aromatic rings. The van der Waals surface area contributed by atoms with Crippen molar-refractivity contribution < 1.29 is 9.53 Å². The third kappa shape index (κ3) is 4.98. The summed E-state index contributed by atoms with van der Waals surface area (Å²) in [7, 11) is 1.66. The average Bonchev–Trinajstić information content (AvgIpc) is 3.16. The number of imidazole rings is 1. The number of ether oxygens (including phenoxy) is 1. The number of benzene rings is 1. The minimum absolute atomic E-state index is 0.0505. The molecule has 3 rings (SSSR count). The summed E-state index contributed by atoms with van der Waals surface area (Å²) >= 11 is 0. The standard InChI is InChI=1S/C19H26N4O2/c1-25-18-4-2-16(3-5-18)6-9-21-19(24)23-11-7-17(8-12-23)14-22-13-10-20-15-22/h2-5,10,13,15,17H,6-9,11-12,14H2,1H3,(H,21,24). The molecule has 0 unspecified atom stereocenters. The molecule has 1 saturated heterocycles. The lowest BCUT2D eigenvalue weighted by atomic mass is 9.97. The van der Waals surface area contributed by atoms with Crippen LogP contribution >= 0.6 is 0 Å². The van der Waals surface area contributed by atoms with Gasteiger partial charge >= 0.3 is 6.03 Å². The van der Waals surface area contributed by atoms with Crippen LogP contribution in [-0.2, 0) is 13.0 Å². The molecule has 1 aliphatic heterocycles. The summed E-state index contributed by atoms with van der Waals surface area (Å²) in [6.45, 7) is 3.30. The van der Waals surface area contributed by atoms with E-state index in [4.69, 9.17) is 4.74 Å². The number of amides is 2. The fourth-order valence-corrected chi connectivity index (χ4v) is 3.23. The molecule has 1 fully saturated rings. The van der Waals surface area contributed by atoms with E-state index in [1.807, 2.05) is 47.9 Å². The van der Waals surface area contributed by atoms with Gasteiger partial charge in [-0.3, -0.25) is 0 Å². The Hall–Kier alpha value is -2.50. The molecule has 0 spiro atoms. The number of methoxy groups -OCH3 is 1. The van der Waals surface area contributed by atoms with Crippen LogP contribution in [0.15, 0.2) is 43.0 Å². The van der Waals surface area contributed by atoms with Gasteiger partial charge in [0.2, 0.25) is 0 Å². The number of rotatable bonds is 6. The molecule has 0 saturated carbocycles. The summed E-state index contributed by atoms with van der Waals surface area (Å²) in [4.78, 5) is 18.3. The number of likely N-dealkylation sites (tertiary alicyclic amines) is 1. The Labute approximate surface area is 148 Å². The zero-order valence-electron chi connectivity index (χ0n) is 14.7. The van der Waals surface area contributed by atoms with Crippen molar-refractivity contribution in [3.8, 4) is 5.75 Å². The Balaban J connectivity index is 1.36. The Kier molecular flexibility index (Phi) is 5.93. The summed E-state index contributed by atoms with van der Waals surface area (Å²) in [5.41, 5.74) is 1.19. The minimum Gasteiger partial charge on any atom is -0.497 e. The highest BCUT2D eigenvalue weighted by atomic mass is 16.5. The molecule has 1 aromatic carbocycles. The van der Waals surface area contributed by atoms with E-state index in [2.05, 4.69) is 14.9 Å². The second-order valence-corrected chi connectivity index (χ2v) is 6.52. The molecular formula is C19H26N4O2. The third-order valence-electron chi connectivity index (χ3n) is 4.78. The monoisotopic (exact) mass is 342 g/mol. The van der Waals surface area contributed by atoms with Gasteiger partial charge < -0.3 is 19.5 Å². The molecule has 1 aliphatic rings. The molecule has 1 N–H and O–H groups in total. The number of nitrogens with zero attached hydrogens (tertiary/aromatic N) is 3. The summed E-state index contributed by atoms with van der Waals surface area (Å²) in [5, 5.41) is 3.03. The van der Waals surface area contributed by atoms with Gasteiger partial charge in [0.15, 0.2) is 0 Å². The Morgan fingerprint density at radius 1 is 1.28 bits per heavy atom. The van der Waals surface area contributed by atoms with Crippen LogP contribution in [0.4, 0.5) is 4.79 Å². The van der Waals surface area contributed by atoms with Gasteiger partial charge in [0.25, 0.3) is 0 Å². The second-order valence-electron chi connectivity index (χ2n) is 6.52. The molecule has 0 bridgehead atoms. The number of urea groups is 1. The summed E-state index contributed by atoms with van der Waals surface area (Å²) in [5.74, 6) is 1.48. The zero-order chi connectivity index (χ0) is 17.5. The number of aromatic nitrogens is 2. The molecule has 25 heavy (non-hydrogen) atoms. The molecule has 6 heteroatoms. The van der Waals surface area contributed by atoms with Gasteiger partial charge in [0.1, 0.15) is 5.75 Å². The summed E-state index contributed by atoms with van der Waals surface area (Å²) in [6, 6.07) is 8.01. The van der Waals surface area contributed by atoms with Crippen LogP contribution in [-0.4, -0.2) is 47.2 Å². The lowest BCUT2D eigenvalue weighted by Crippen LogP contribution is -2.45. The second kappa shape index (κ2) is 8.55. The van der Waals surface area contributed by atoms with Crippen molar-refractivity contribution in [1.82, 2.24) is 19.8 Å². The first-order chi connectivity index (χ1) is 12.2. The van der Waals surface area contributed by atoms with E-state index in [9.17, 15) is 4.79 Å². The highest BCUT2D eigenvalue weighted by Crippen LogP contribution is 2.19. The Bertz CT molecular complexity index is 647. The molecular weight excluding hydrogens is 316 g/mol. The van der Waals surface area contributed by atoms with Crippen molar-refractivity contribution in [2.75, 3.05) is 26.7 Å². The molecule has 0 radical (unpaired) electrons. The van der Waals surface area contributed by atoms with Crippen LogP contribution in [0.5, 0.6) is 5.75 Å². The number of carbonyl (C=O) groups excluding carboxylic acids is 1. The highest BCUT2D eigenvalue weighted by Gasteiger charge is 2.22. The van der Waals surface area contributed by atoms with E-state index in [1.165, 1.54) is 5.56 Å². The average molecular weight is 342 g/mol. The molecule has 0 atom stereocenters. The Morgan fingerprint density at radius 3 is 2.68 bits per heavy atom. The number of hydrogen-bond acceptors (Lipinski definition) is 3. The fraction of sp³-hybridized carbons (Fsp3) is 0.474. The van der Waals surface area contributed by atoms with Crippen LogP contribution in [0.25, 0.3) is 0 Å². The molecule has 134 valence electrons. The van der Waals surface area contributed by atoms with Gasteiger partial charge in [-0.25, -0.2) is 9.78 Å². The topological polar surface area (TPSA) is 59.4 Å². The van der Waals surface area contributed by atoms with Crippen LogP contribution in [0.1, 0.15) is 18.4 Å². The van der Waals surface area contributed by atoms with Crippen LogP contribution in [0.2, 0.25) is 0 Å². The molecule has 1 aromatic heterocycles. The Morgan fingerprint density at radius 2 is 2.04 bits per heavy atom. The van der Waals surface area contributed by atoms with Crippen molar-refractivity contribution in [2.24, 2.45) is 5.92 Å². The van der Waals surface area contributed by atoms with E-state index in [-0.39, 0.29) is 6.03 Å². The van der Waals surface area contributed by atoms with Gasteiger partial charge in [-0.15, -0.1) is 0 Å². The van der Waals surface area contributed by atoms with Gasteiger partial charge in [-0.1, -0.05) is 12.1 Å². The first-order valence-electron chi connectivity index (χ1n) is 8.86. The largest absolute Gasteiger partial charge is 0.497 e.